The highest BCUT2D eigenvalue weighted by Crippen LogP contribution is 2.31. The van der Waals surface area contributed by atoms with E-state index >= 15 is 0 Å². The maximum atomic E-state index is 13.1. The van der Waals surface area contributed by atoms with Crippen LogP contribution < -0.4 is 4.74 Å². The van der Waals surface area contributed by atoms with E-state index in [1.54, 1.807) is 6.07 Å². The summed E-state index contributed by atoms with van der Waals surface area (Å²) in [7, 11) is 0. The molecule has 192 valence electrons. The van der Waals surface area contributed by atoms with Gasteiger partial charge in [-0.15, -0.1) is 0 Å². The van der Waals surface area contributed by atoms with Gasteiger partial charge in [0.2, 0.25) is 0 Å². The second-order valence-corrected chi connectivity index (χ2v) is 9.02. The Hall–Kier alpha value is -4.00. The standard InChI is InChI=1S/C30H28F3NO3/c1-3-5-24(17-28(35)36)22-10-12-27(13-11-22)37-19-25-9-8-23-14-15-34(29(23)20(25)2)18-21-6-4-7-26(16-21)30(31,32)33/h3-16,24H,17-19H2,1-2H3,(H,35,36)/t24-/m1/s1. The van der Waals surface area contributed by atoms with Gasteiger partial charge in [-0.05, 0) is 71.8 Å². The molecular formula is C30H28F3NO3. The molecule has 1 N–H and O–H groups in total. The Morgan fingerprint density at radius 1 is 1.08 bits per heavy atom. The summed E-state index contributed by atoms with van der Waals surface area (Å²) in [6.07, 6.45) is 1.25. The largest absolute Gasteiger partial charge is 0.489 e. The van der Waals surface area contributed by atoms with Crippen molar-refractivity contribution in [2.24, 2.45) is 0 Å². The van der Waals surface area contributed by atoms with Gasteiger partial charge in [0.25, 0.3) is 0 Å². The highest BCUT2D eigenvalue weighted by molar-refractivity contribution is 5.84. The van der Waals surface area contributed by atoms with Crippen LogP contribution in [0.25, 0.3) is 10.9 Å². The third-order valence-corrected chi connectivity index (χ3v) is 6.42. The van der Waals surface area contributed by atoms with Crippen LogP contribution in [-0.2, 0) is 24.1 Å². The number of hydrogen-bond donors (Lipinski definition) is 1. The molecule has 1 heterocycles. The van der Waals surface area contributed by atoms with Crippen LogP contribution in [0, 0.1) is 6.92 Å². The van der Waals surface area contributed by atoms with E-state index in [9.17, 15) is 18.0 Å². The topological polar surface area (TPSA) is 51.5 Å². The number of carboxylic acids is 1. The number of allylic oxidation sites excluding steroid dienone is 2. The highest BCUT2D eigenvalue weighted by Gasteiger charge is 2.30. The number of aromatic nitrogens is 1. The van der Waals surface area contributed by atoms with Crippen LogP contribution in [0.3, 0.4) is 0 Å². The monoisotopic (exact) mass is 507 g/mol. The molecule has 1 aromatic heterocycles. The van der Waals surface area contributed by atoms with Gasteiger partial charge >= 0.3 is 12.1 Å². The number of hydrogen-bond acceptors (Lipinski definition) is 2. The first-order valence-electron chi connectivity index (χ1n) is 12.0. The number of carboxylic acid groups (broad SMARTS) is 1. The van der Waals surface area contributed by atoms with Crippen LogP contribution in [0.1, 0.15) is 47.1 Å². The second-order valence-electron chi connectivity index (χ2n) is 9.02. The summed E-state index contributed by atoms with van der Waals surface area (Å²) >= 11 is 0. The van der Waals surface area contributed by atoms with Gasteiger partial charge in [-0.25, -0.2) is 0 Å². The summed E-state index contributed by atoms with van der Waals surface area (Å²) in [6.45, 7) is 4.49. The lowest BCUT2D eigenvalue weighted by Crippen LogP contribution is -2.07. The molecule has 0 bridgehead atoms. The van der Waals surface area contributed by atoms with Crippen LogP contribution in [-0.4, -0.2) is 15.6 Å². The summed E-state index contributed by atoms with van der Waals surface area (Å²) in [5.41, 5.74) is 3.75. The van der Waals surface area contributed by atoms with E-state index in [-0.39, 0.29) is 12.3 Å². The summed E-state index contributed by atoms with van der Waals surface area (Å²) < 4.78 is 47.4. The lowest BCUT2D eigenvalue weighted by Gasteiger charge is -2.15. The molecule has 0 aliphatic carbocycles. The molecule has 0 saturated heterocycles. The third kappa shape index (κ3) is 6.23. The van der Waals surface area contributed by atoms with Gasteiger partial charge in [-0.3, -0.25) is 4.79 Å². The predicted octanol–water partition coefficient (Wildman–Crippen LogP) is 7.73. The molecule has 0 saturated carbocycles. The molecule has 0 spiro atoms. The molecule has 0 unspecified atom stereocenters. The maximum Gasteiger partial charge on any atom is 0.416 e. The lowest BCUT2D eigenvalue weighted by molar-refractivity contribution is -0.138. The SMILES string of the molecule is CC=C[C@H](CC(=O)O)c1ccc(OCc2ccc3ccn(Cc4cccc(C(F)(F)F)c4)c3c2C)cc1. The number of ether oxygens (including phenoxy) is 1. The van der Waals surface area contributed by atoms with Crippen LogP contribution in [0.15, 0.2) is 85.1 Å². The number of fused-ring (bicyclic) bond motifs is 1. The first kappa shape index (κ1) is 26.1. The van der Waals surface area contributed by atoms with Crippen LogP contribution in [0.5, 0.6) is 5.75 Å². The van der Waals surface area contributed by atoms with E-state index in [1.165, 1.54) is 12.1 Å². The summed E-state index contributed by atoms with van der Waals surface area (Å²) in [4.78, 5) is 11.2. The molecule has 0 aliphatic heterocycles. The molecule has 7 heteroatoms. The van der Waals surface area contributed by atoms with Crippen molar-refractivity contribution in [3.63, 3.8) is 0 Å². The van der Waals surface area contributed by atoms with Crippen molar-refractivity contribution in [1.29, 1.82) is 0 Å². The van der Waals surface area contributed by atoms with Gasteiger partial charge in [0.1, 0.15) is 12.4 Å². The van der Waals surface area contributed by atoms with Gasteiger partial charge in [0, 0.05) is 18.7 Å². The Labute approximate surface area is 213 Å². The summed E-state index contributed by atoms with van der Waals surface area (Å²) in [6, 6.07) is 18.8. The number of aliphatic carboxylic acids is 1. The maximum absolute atomic E-state index is 13.1. The first-order valence-corrected chi connectivity index (χ1v) is 12.0. The van der Waals surface area contributed by atoms with Crippen molar-refractivity contribution in [3.05, 3.63) is 113 Å². The van der Waals surface area contributed by atoms with E-state index in [0.717, 1.165) is 33.7 Å². The Balaban J connectivity index is 1.51. The van der Waals surface area contributed by atoms with Crippen molar-refractivity contribution >= 4 is 16.9 Å². The van der Waals surface area contributed by atoms with Gasteiger partial charge in [-0.2, -0.15) is 13.2 Å². The zero-order valence-corrected chi connectivity index (χ0v) is 20.6. The summed E-state index contributed by atoms with van der Waals surface area (Å²) in [5, 5.41) is 10.2. The molecule has 4 aromatic rings. The second kappa shape index (κ2) is 10.9. The molecule has 0 amide bonds. The molecule has 4 rings (SSSR count). The number of benzene rings is 3. The van der Waals surface area contributed by atoms with E-state index in [0.29, 0.717) is 24.5 Å². The summed E-state index contributed by atoms with van der Waals surface area (Å²) in [5.74, 6) is -0.393. The number of halogens is 3. The van der Waals surface area contributed by atoms with Crippen molar-refractivity contribution in [2.45, 2.75) is 45.5 Å². The van der Waals surface area contributed by atoms with Crippen molar-refractivity contribution in [2.75, 3.05) is 0 Å². The van der Waals surface area contributed by atoms with Crippen LogP contribution in [0.4, 0.5) is 13.2 Å². The number of alkyl halides is 3. The number of rotatable bonds is 9. The van der Waals surface area contributed by atoms with Crippen molar-refractivity contribution in [3.8, 4) is 5.75 Å². The Kier molecular flexibility index (Phi) is 7.71. The minimum Gasteiger partial charge on any atom is -0.489 e. The molecule has 0 fully saturated rings. The van der Waals surface area contributed by atoms with E-state index < -0.39 is 17.7 Å². The van der Waals surface area contributed by atoms with Gasteiger partial charge < -0.3 is 14.4 Å². The third-order valence-electron chi connectivity index (χ3n) is 6.42. The molecule has 3 aromatic carbocycles. The normalized spacial score (nSPS) is 12.8. The lowest BCUT2D eigenvalue weighted by atomic mass is 9.95. The molecule has 0 aliphatic rings. The molecule has 37 heavy (non-hydrogen) atoms. The zero-order valence-electron chi connectivity index (χ0n) is 20.6. The Bertz CT molecular complexity index is 1420. The molecular weight excluding hydrogens is 479 g/mol. The smallest absolute Gasteiger partial charge is 0.416 e. The van der Waals surface area contributed by atoms with Crippen LogP contribution in [0.2, 0.25) is 0 Å². The van der Waals surface area contributed by atoms with E-state index in [1.807, 2.05) is 79.2 Å². The number of aryl methyl sites for hydroxylation is 1. The number of carbonyl (C=O) groups is 1. The highest BCUT2D eigenvalue weighted by atomic mass is 19.4. The first-order chi connectivity index (χ1) is 17.7. The van der Waals surface area contributed by atoms with E-state index in [2.05, 4.69) is 0 Å². The van der Waals surface area contributed by atoms with Gasteiger partial charge in [0.05, 0.1) is 17.5 Å². The van der Waals surface area contributed by atoms with E-state index in [4.69, 9.17) is 9.84 Å². The van der Waals surface area contributed by atoms with Crippen LogP contribution >= 0.6 is 0 Å². The minimum absolute atomic E-state index is 0.0178. The fraction of sp³-hybridized carbons (Fsp3) is 0.233. The average molecular weight is 508 g/mol. The Morgan fingerprint density at radius 3 is 2.51 bits per heavy atom. The quantitative estimate of drug-likeness (QED) is 0.236. The molecule has 0 radical (unpaired) electrons. The van der Waals surface area contributed by atoms with Gasteiger partial charge in [0.15, 0.2) is 0 Å². The van der Waals surface area contributed by atoms with Gasteiger partial charge in [-0.1, -0.05) is 48.6 Å². The number of nitrogens with zero attached hydrogens (tertiary/aromatic N) is 1. The average Bonchev–Trinajstić information content (AvgIpc) is 3.26. The molecule has 4 nitrogen and oxygen atoms in total. The molecule has 1 atom stereocenters. The fourth-order valence-electron chi connectivity index (χ4n) is 4.54. The zero-order chi connectivity index (χ0) is 26.6. The Morgan fingerprint density at radius 2 is 1.84 bits per heavy atom. The van der Waals surface area contributed by atoms with Crippen molar-refractivity contribution in [1.82, 2.24) is 4.57 Å². The fourth-order valence-corrected chi connectivity index (χ4v) is 4.54. The minimum atomic E-state index is -4.38. The van der Waals surface area contributed by atoms with Crippen molar-refractivity contribution < 1.29 is 27.8 Å². The predicted molar refractivity (Wildman–Crippen MR) is 138 cm³/mol.